The zero-order valence-corrected chi connectivity index (χ0v) is 19.0. The van der Waals surface area contributed by atoms with Crippen LogP contribution in [0, 0.1) is 0 Å². The van der Waals surface area contributed by atoms with Crippen LogP contribution in [0.15, 0.2) is 73.2 Å². The number of anilines is 2. The number of carbonyl (C=O) groups excluding carboxylic acids is 3. The monoisotopic (exact) mass is 512 g/mol. The summed E-state index contributed by atoms with van der Waals surface area (Å²) in [6.45, 7) is 0. The molecule has 1 spiro atoms. The van der Waals surface area contributed by atoms with Crippen LogP contribution >= 0.6 is 0 Å². The second kappa shape index (κ2) is 8.76. The standard InChI is InChI=1S/C24H19F3N6O4/c25-24(26,27)37-17-6-4-16(5-7-17)33-19(34)23(32-21(33)36)14-22(23,13-15-8-11-28-12-9-15)31-20(35)30-18-3-1-2-10-29-18/h1-12H,13-14H2,(H,32,36)(H2,29,30,31,35). The third kappa shape index (κ3) is 4.62. The van der Waals surface area contributed by atoms with Crippen molar-refractivity contribution in [2.75, 3.05) is 10.2 Å². The molecule has 1 aliphatic heterocycles. The summed E-state index contributed by atoms with van der Waals surface area (Å²) in [5, 5.41) is 8.13. The van der Waals surface area contributed by atoms with Gasteiger partial charge >= 0.3 is 18.4 Å². The molecule has 3 aromatic rings. The number of pyridine rings is 2. The lowest BCUT2D eigenvalue weighted by molar-refractivity contribution is -0.274. The normalized spacial score (nSPS) is 22.5. The van der Waals surface area contributed by atoms with Crippen LogP contribution in [0.1, 0.15) is 12.0 Å². The van der Waals surface area contributed by atoms with Gasteiger partial charge in [0.15, 0.2) is 0 Å². The van der Waals surface area contributed by atoms with E-state index in [-0.39, 0.29) is 18.5 Å². The van der Waals surface area contributed by atoms with Crippen molar-refractivity contribution in [3.05, 3.63) is 78.8 Å². The van der Waals surface area contributed by atoms with Gasteiger partial charge in [0.2, 0.25) is 0 Å². The number of hydrogen-bond donors (Lipinski definition) is 3. The number of hydrogen-bond acceptors (Lipinski definition) is 6. The molecular weight excluding hydrogens is 493 g/mol. The zero-order chi connectivity index (χ0) is 26.3. The second-order valence-electron chi connectivity index (χ2n) is 8.60. The fraction of sp³-hybridized carbons (Fsp3) is 0.208. The van der Waals surface area contributed by atoms with E-state index in [1.165, 1.54) is 18.3 Å². The fourth-order valence-corrected chi connectivity index (χ4v) is 4.52. The molecule has 1 saturated heterocycles. The van der Waals surface area contributed by atoms with Gasteiger partial charge in [0.05, 0.1) is 11.2 Å². The average molecular weight is 512 g/mol. The summed E-state index contributed by atoms with van der Waals surface area (Å²) in [6.07, 6.45) is 0.0483. The molecule has 190 valence electrons. The minimum Gasteiger partial charge on any atom is -0.406 e. The summed E-state index contributed by atoms with van der Waals surface area (Å²) in [5.41, 5.74) is -1.83. The number of nitrogens with one attached hydrogen (secondary N) is 3. The van der Waals surface area contributed by atoms with Gasteiger partial charge in [-0.2, -0.15) is 0 Å². The number of alkyl halides is 3. The van der Waals surface area contributed by atoms with Crippen molar-refractivity contribution in [1.82, 2.24) is 20.6 Å². The third-order valence-electron chi connectivity index (χ3n) is 6.19. The third-order valence-corrected chi connectivity index (χ3v) is 6.19. The van der Waals surface area contributed by atoms with E-state index in [1.807, 2.05) is 0 Å². The van der Waals surface area contributed by atoms with Crippen LogP contribution in [0.5, 0.6) is 5.75 Å². The number of benzene rings is 1. The van der Waals surface area contributed by atoms with E-state index in [4.69, 9.17) is 0 Å². The van der Waals surface area contributed by atoms with E-state index < -0.39 is 41.2 Å². The van der Waals surface area contributed by atoms with E-state index in [1.54, 1.807) is 42.7 Å². The molecule has 2 atom stereocenters. The lowest BCUT2D eigenvalue weighted by atomic mass is 9.99. The van der Waals surface area contributed by atoms with E-state index in [0.29, 0.717) is 5.82 Å². The molecule has 5 amide bonds. The predicted octanol–water partition coefficient (Wildman–Crippen LogP) is 3.38. The maximum atomic E-state index is 13.6. The van der Waals surface area contributed by atoms with Crippen LogP contribution in [-0.4, -0.2) is 45.4 Å². The van der Waals surface area contributed by atoms with Crippen LogP contribution in [0.4, 0.5) is 34.3 Å². The molecule has 0 bridgehead atoms. The van der Waals surface area contributed by atoms with Gasteiger partial charge in [0, 0.05) is 25.0 Å². The molecule has 2 fully saturated rings. The number of imide groups is 1. The topological polar surface area (TPSA) is 126 Å². The van der Waals surface area contributed by atoms with Gasteiger partial charge in [0.25, 0.3) is 5.91 Å². The molecular formula is C24H19F3N6O4. The summed E-state index contributed by atoms with van der Waals surface area (Å²) in [6, 6.07) is 11.4. The van der Waals surface area contributed by atoms with Crippen molar-refractivity contribution in [2.24, 2.45) is 0 Å². The molecule has 2 aliphatic rings. The second-order valence-corrected chi connectivity index (χ2v) is 8.60. The number of ether oxygens (including phenoxy) is 1. The summed E-state index contributed by atoms with van der Waals surface area (Å²) < 4.78 is 41.3. The number of aromatic nitrogens is 2. The highest BCUT2D eigenvalue weighted by molar-refractivity contribution is 6.26. The van der Waals surface area contributed by atoms with Gasteiger partial charge in [-0.05, 0) is 60.5 Å². The number of halogens is 3. The Morgan fingerprint density at radius 1 is 1.05 bits per heavy atom. The Labute approximate surface area is 207 Å². The number of carbonyl (C=O) groups is 3. The maximum absolute atomic E-state index is 13.6. The van der Waals surface area contributed by atoms with E-state index in [0.717, 1.165) is 22.6 Å². The van der Waals surface area contributed by atoms with Crippen molar-refractivity contribution < 1.29 is 32.3 Å². The first-order valence-electron chi connectivity index (χ1n) is 11.0. The highest BCUT2D eigenvalue weighted by Crippen LogP contribution is 2.54. The first kappa shape index (κ1) is 24.0. The summed E-state index contributed by atoms with van der Waals surface area (Å²) >= 11 is 0. The number of rotatable bonds is 6. The molecule has 3 N–H and O–H groups in total. The van der Waals surface area contributed by atoms with Gasteiger partial charge in [0.1, 0.15) is 17.1 Å². The Bertz CT molecular complexity index is 1340. The summed E-state index contributed by atoms with van der Waals surface area (Å²) in [5.74, 6) is -0.850. The van der Waals surface area contributed by atoms with E-state index in [2.05, 4.69) is 30.7 Å². The first-order chi connectivity index (χ1) is 17.6. The lowest BCUT2D eigenvalue weighted by Crippen LogP contribution is -2.53. The number of urea groups is 2. The van der Waals surface area contributed by atoms with Crippen LogP contribution in [0.3, 0.4) is 0 Å². The number of amides is 5. The quantitative estimate of drug-likeness (QED) is 0.435. The van der Waals surface area contributed by atoms with Crippen molar-refractivity contribution in [1.29, 1.82) is 0 Å². The Balaban J connectivity index is 1.40. The van der Waals surface area contributed by atoms with Crippen molar-refractivity contribution >= 4 is 29.5 Å². The molecule has 0 radical (unpaired) electrons. The molecule has 1 aliphatic carbocycles. The van der Waals surface area contributed by atoms with Crippen molar-refractivity contribution in [3.8, 4) is 5.75 Å². The SMILES string of the molecule is O=C(Nc1ccccn1)NC1(Cc2ccncc2)CC12NC(=O)N(c1ccc(OC(F)(F)F)cc1)C2=O. The van der Waals surface area contributed by atoms with E-state index >= 15 is 0 Å². The Hall–Kier alpha value is -4.68. The van der Waals surface area contributed by atoms with E-state index in [9.17, 15) is 27.6 Å². The molecule has 3 heterocycles. The lowest BCUT2D eigenvalue weighted by Gasteiger charge is -2.23. The molecule has 10 nitrogen and oxygen atoms in total. The Morgan fingerprint density at radius 2 is 1.78 bits per heavy atom. The van der Waals surface area contributed by atoms with Crippen LogP contribution < -0.4 is 25.6 Å². The minimum atomic E-state index is -4.88. The van der Waals surface area contributed by atoms with Gasteiger partial charge in [-0.3, -0.25) is 15.1 Å². The van der Waals surface area contributed by atoms with Crippen molar-refractivity contribution in [3.63, 3.8) is 0 Å². The first-order valence-corrected chi connectivity index (χ1v) is 11.0. The Kier molecular flexibility index (Phi) is 5.69. The molecule has 1 saturated carbocycles. The zero-order valence-electron chi connectivity index (χ0n) is 19.0. The van der Waals surface area contributed by atoms with Crippen LogP contribution in [0.25, 0.3) is 0 Å². The van der Waals surface area contributed by atoms with Gasteiger partial charge in [-0.15, -0.1) is 13.2 Å². The van der Waals surface area contributed by atoms with Gasteiger partial charge in [-0.25, -0.2) is 19.5 Å². The number of nitrogens with zero attached hydrogens (tertiary/aromatic N) is 3. The van der Waals surface area contributed by atoms with Gasteiger partial charge < -0.3 is 15.4 Å². The highest BCUT2D eigenvalue weighted by atomic mass is 19.4. The van der Waals surface area contributed by atoms with Crippen LogP contribution in [-0.2, 0) is 11.2 Å². The smallest absolute Gasteiger partial charge is 0.406 e. The molecule has 2 unspecified atom stereocenters. The highest BCUT2D eigenvalue weighted by Gasteiger charge is 2.78. The molecule has 13 heteroatoms. The predicted molar refractivity (Wildman–Crippen MR) is 124 cm³/mol. The summed E-state index contributed by atoms with van der Waals surface area (Å²) in [4.78, 5) is 48.2. The van der Waals surface area contributed by atoms with Gasteiger partial charge in [-0.1, -0.05) is 6.07 Å². The Morgan fingerprint density at radius 3 is 2.43 bits per heavy atom. The molecule has 37 heavy (non-hydrogen) atoms. The summed E-state index contributed by atoms with van der Waals surface area (Å²) in [7, 11) is 0. The molecule has 1 aromatic carbocycles. The largest absolute Gasteiger partial charge is 0.573 e. The van der Waals surface area contributed by atoms with Crippen LogP contribution in [0.2, 0.25) is 0 Å². The van der Waals surface area contributed by atoms with Crippen molar-refractivity contribution in [2.45, 2.75) is 30.3 Å². The molecule has 5 rings (SSSR count). The molecule has 2 aromatic heterocycles. The maximum Gasteiger partial charge on any atom is 0.573 e. The average Bonchev–Trinajstić information content (AvgIpc) is 3.36. The minimum absolute atomic E-state index is 0.0524. The fourth-order valence-electron chi connectivity index (χ4n) is 4.52.